The minimum Gasteiger partial charge on any atom is -0.493 e. The Morgan fingerprint density at radius 3 is 2.46 bits per heavy atom. The number of hydrogen-bond donors (Lipinski definition) is 4. The molecule has 1 heterocycles. The summed E-state index contributed by atoms with van der Waals surface area (Å²) in [4.78, 5) is 41.2. The molecule has 0 fully saturated rings. The van der Waals surface area contributed by atoms with Gasteiger partial charge in [-0.05, 0) is 61.0 Å². The van der Waals surface area contributed by atoms with Crippen molar-refractivity contribution in [2.24, 2.45) is 5.73 Å². The number of likely N-dealkylation sites (N-methyl/N-ethyl adjacent to an activating group) is 1. The van der Waals surface area contributed by atoms with Crippen molar-refractivity contribution in [2.75, 3.05) is 26.5 Å². The van der Waals surface area contributed by atoms with E-state index in [4.69, 9.17) is 20.6 Å². The van der Waals surface area contributed by atoms with Crippen LogP contribution >= 0.6 is 0 Å². The first-order valence-electron chi connectivity index (χ1n) is 12.6. The number of hydrogen-bond acceptors (Lipinski definition) is 8. The lowest BCUT2D eigenvalue weighted by Crippen LogP contribution is -2.35. The number of ether oxygens (including phenoxy) is 2. The van der Waals surface area contributed by atoms with E-state index in [2.05, 4.69) is 15.4 Å². The molecule has 0 aliphatic heterocycles. The number of H-pyrrole nitrogens is 1. The van der Waals surface area contributed by atoms with E-state index in [1.165, 1.54) is 12.0 Å². The highest BCUT2D eigenvalue weighted by molar-refractivity contribution is 5.95. The van der Waals surface area contributed by atoms with Crippen molar-refractivity contribution in [3.05, 3.63) is 99.7 Å². The molecule has 0 aliphatic carbocycles. The predicted molar refractivity (Wildman–Crippen MR) is 154 cm³/mol. The fourth-order valence-corrected chi connectivity index (χ4v) is 4.20. The second-order valence-electron chi connectivity index (χ2n) is 9.38. The predicted octanol–water partition coefficient (Wildman–Crippen LogP) is 2.72. The van der Waals surface area contributed by atoms with Crippen molar-refractivity contribution in [1.29, 1.82) is 5.41 Å². The number of nitrogens with two attached hydrogens (primary N) is 1. The largest absolute Gasteiger partial charge is 0.493 e. The Hall–Kier alpha value is -5.39. The van der Waals surface area contributed by atoms with Crippen molar-refractivity contribution in [1.82, 2.24) is 19.7 Å². The molecule has 0 spiro atoms. The molecule has 2 unspecified atom stereocenters. The molecule has 41 heavy (non-hydrogen) atoms. The number of benzene rings is 3. The number of aldehydes is 1. The normalized spacial score (nSPS) is 12.2. The molecule has 12 heteroatoms. The molecule has 0 saturated carbocycles. The number of anilines is 1. The van der Waals surface area contributed by atoms with Crippen LogP contribution in [0.25, 0.3) is 5.69 Å². The van der Waals surface area contributed by atoms with Gasteiger partial charge in [-0.2, -0.15) is 4.68 Å². The number of aromatic nitrogens is 3. The number of carbonyl (C=O) groups is 2. The molecular weight excluding hydrogens is 526 g/mol. The van der Waals surface area contributed by atoms with E-state index in [1.807, 2.05) is 0 Å². The van der Waals surface area contributed by atoms with E-state index < -0.39 is 17.8 Å². The molecule has 2 atom stereocenters. The van der Waals surface area contributed by atoms with Crippen molar-refractivity contribution in [2.45, 2.75) is 19.1 Å². The summed E-state index contributed by atoms with van der Waals surface area (Å²) in [5.74, 6) is 0.726. The lowest BCUT2D eigenvalue weighted by molar-refractivity contribution is -0.135. The lowest BCUT2D eigenvalue weighted by atomic mass is 10.0. The molecule has 212 valence electrons. The molecule has 0 saturated heterocycles. The Bertz CT molecular complexity index is 1630. The monoisotopic (exact) mass is 557 g/mol. The highest BCUT2D eigenvalue weighted by Crippen LogP contribution is 2.34. The number of aromatic amines is 1. The number of para-hydroxylation sites is 1. The van der Waals surface area contributed by atoms with E-state index in [0.29, 0.717) is 45.9 Å². The van der Waals surface area contributed by atoms with Gasteiger partial charge >= 0.3 is 5.69 Å². The van der Waals surface area contributed by atoms with Crippen LogP contribution in [0, 0.1) is 5.41 Å². The zero-order chi connectivity index (χ0) is 29.7. The fourth-order valence-electron chi connectivity index (χ4n) is 4.20. The van der Waals surface area contributed by atoms with Crippen LogP contribution in [0.5, 0.6) is 11.5 Å². The summed E-state index contributed by atoms with van der Waals surface area (Å²) in [5.41, 5.74) is 7.58. The number of carbonyl (C=O) groups excluding carboxylic acids is 2. The van der Waals surface area contributed by atoms with Crippen LogP contribution < -0.4 is 26.2 Å². The Labute approximate surface area is 236 Å². The van der Waals surface area contributed by atoms with Crippen LogP contribution in [0.2, 0.25) is 0 Å². The number of amidine groups is 1. The molecule has 12 nitrogen and oxygen atoms in total. The third-order valence-electron chi connectivity index (χ3n) is 6.32. The maximum atomic E-state index is 13.0. The van der Waals surface area contributed by atoms with E-state index in [1.54, 1.807) is 87.7 Å². The van der Waals surface area contributed by atoms with Crippen LogP contribution in [0.3, 0.4) is 0 Å². The van der Waals surface area contributed by atoms with Gasteiger partial charge in [0.05, 0.1) is 12.8 Å². The van der Waals surface area contributed by atoms with Gasteiger partial charge in [0, 0.05) is 30.9 Å². The van der Waals surface area contributed by atoms with Crippen molar-refractivity contribution in [3.63, 3.8) is 0 Å². The number of nitrogen functional groups attached to an aromatic ring is 1. The molecule has 1 aromatic heterocycles. The summed E-state index contributed by atoms with van der Waals surface area (Å²) >= 11 is 0. The number of methoxy groups -OCH3 is 1. The molecular formula is C29H31N7O5. The zero-order valence-electron chi connectivity index (χ0n) is 23.0. The Morgan fingerprint density at radius 1 is 1.12 bits per heavy atom. The van der Waals surface area contributed by atoms with Crippen LogP contribution in [0.4, 0.5) is 5.69 Å². The van der Waals surface area contributed by atoms with Gasteiger partial charge in [0.1, 0.15) is 11.9 Å². The molecule has 1 amide bonds. The Kier molecular flexibility index (Phi) is 8.51. The van der Waals surface area contributed by atoms with Crippen LogP contribution in [0.15, 0.2) is 71.5 Å². The average Bonchev–Trinajstić information content (AvgIpc) is 3.36. The zero-order valence-corrected chi connectivity index (χ0v) is 23.0. The molecule has 4 aromatic rings. The van der Waals surface area contributed by atoms with E-state index in [9.17, 15) is 14.4 Å². The van der Waals surface area contributed by atoms with E-state index in [-0.39, 0.29) is 17.6 Å². The summed E-state index contributed by atoms with van der Waals surface area (Å²) in [6.07, 6.45) is -0.0861. The number of nitrogens with zero attached hydrogens (tertiary/aromatic N) is 3. The van der Waals surface area contributed by atoms with Gasteiger partial charge in [-0.25, -0.2) is 4.79 Å². The van der Waals surface area contributed by atoms with Gasteiger partial charge in [0.25, 0.3) is 5.91 Å². The summed E-state index contributed by atoms with van der Waals surface area (Å²) in [5, 5.41) is 15.5. The van der Waals surface area contributed by atoms with Gasteiger partial charge < -0.3 is 25.4 Å². The summed E-state index contributed by atoms with van der Waals surface area (Å²) in [7, 11) is 4.78. The molecule has 0 bridgehead atoms. The summed E-state index contributed by atoms with van der Waals surface area (Å²) < 4.78 is 12.6. The second-order valence-corrected chi connectivity index (χ2v) is 9.38. The van der Waals surface area contributed by atoms with Crippen LogP contribution in [-0.2, 0) is 4.79 Å². The number of nitrogens with one attached hydrogen (secondary N) is 3. The van der Waals surface area contributed by atoms with Gasteiger partial charge in [-0.3, -0.25) is 20.0 Å². The molecule has 0 radical (unpaired) electrons. The topological polar surface area (TPSA) is 168 Å². The lowest BCUT2D eigenvalue weighted by Gasteiger charge is -2.22. The quantitative estimate of drug-likeness (QED) is 0.124. The molecule has 0 aliphatic rings. The first-order valence-corrected chi connectivity index (χ1v) is 12.6. The maximum Gasteiger partial charge on any atom is 0.348 e. The fraction of sp³-hybridized carbons (Fsp3) is 0.207. The Balaban J connectivity index is 1.77. The molecule has 4 rings (SSSR count). The van der Waals surface area contributed by atoms with Crippen LogP contribution in [-0.4, -0.2) is 65.0 Å². The first kappa shape index (κ1) is 28.6. The van der Waals surface area contributed by atoms with Crippen molar-refractivity contribution < 1.29 is 19.1 Å². The van der Waals surface area contributed by atoms with Gasteiger partial charge in [0.2, 0.25) is 0 Å². The average molecular weight is 558 g/mol. The molecule has 5 N–H and O–H groups in total. The first-order chi connectivity index (χ1) is 19.6. The van der Waals surface area contributed by atoms with E-state index >= 15 is 0 Å². The highest BCUT2D eigenvalue weighted by atomic mass is 16.5. The Morgan fingerprint density at radius 2 is 1.83 bits per heavy atom. The summed E-state index contributed by atoms with van der Waals surface area (Å²) in [6, 6.07) is 18.0. The maximum absolute atomic E-state index is 13.0. The van der Waals surface area contributed by atoms with Crippen molar-refractivity contribution in [3.8, 4) is 17.2 Å². The third-order valence-corrected chi connectivity index (χ3v) is 6.32. The second kappa shape index (κ2) is 12.2. The van der Waals surface area contributed by atoms with Gasteiger partial charge in [-0.15, -0.1) is 5.10 Å². The SMILES string of the molecule is COc1cc(C(Nc2ccc(C(=N)N)cc2)c2nn(-c3ccccc3C=O)c(=O)[nH]2)ccc1OC(C)C(=O)N(C)C. The third kappa shape index (κ3) is 6.27. The van der Waals surface area contributed by atoms with E-state index in [0.717, 1.165) is 4.68 Å². The number of rotatable bonds is 11. The number of amides is 1. The highest BCUT2D eigenvalue weighted by Gasteiger charge is 2.24. The smallest absolute Gasteiger partial charge is 0.348 e. The van der Waals surface area contributed by atoms with Crippen LogP contribution in [0.1, 0.15) is 40.3 Å². The minimum atomic E-state index is -0.747. The van der Waals surface area contributed by atoms with Gasteiger partial charge in [-0.1, -0.05) is 18.2 Å². The minimum absolute atomic E-state index is 0.0627. The standard InChI is InChI=1S/C29H31N7O5/c1-17(28(38)35(2)3)41-23-14-11-19(15-24(23)40-4)25(32-21-12-9-18(10-13-21)26(30)31)27-33-29(39)36(34-27)22-8-6-5-7-20(22)16-37/h5-17,25,32H,1-4H3,(H3,30,31)(H,33,34,39). The van der Waals surface area contributed by atoms with Crippen molar-refractivity contribution >= 4 is 23.7 Å². The summed E-state index contributed by atoms with van der Waals surface area (Å²) in [6.45, 7) is 1.65. The van der Waals surface area contributed by atoms with Gasteiger partial charge in [0.15, 0.2) is 29.7 Å². The molecule has 3 aromatic carbocycles.